The second-order valence-corrected chi connectivity index (χ2v) is 9.20. The van der Waals surface area contributed by atoms with Gasteiger partial charge in [-0.25, -0.2) is 4.98 Å². The number of rotatable bonds is 5. The van der Waals surface area contributed by atoms with Gasteiger partial charge in [0.05, 0.1) is 11.2 Å². The van der Waals surface area contributed by atoms with Gasteiger partial charge in [-0.05, 0) is 63.0 Å². The monoisotopic (exact) mass is 487 g/mol. The summed E-state index contributed by atoms with van der Waals surface area (Å²) in [6.07, 6.45) is -1.61. The van der Waals surface area contributed by atoms with Gasteiger partial charge in [-0.3, -0.25) is 15.6 Å². The maximum atomic E-state index is 13.4. The number of carbonyl (C=O) groups is 1. The summed E-state index contributed by atoms with van der Waals surface area (Å²) in [4.78, 5) is 21.2. The number of likely N-dealkylation sites (N-methyl/N-ethyl adjacent to an activating group) is 1. The fourth-order valence-electron chi connectivity index (χ4n) is 4.78. The maximum absolute atomic E-state index is 13.4. The molecule has 1 aromatic carbocycles. The summed E-state index contributed by atoms with van der Waals surface area (Å²) < 4.78 is 40.1. The number of hydrogen-bond donors (Lipinski definition) is 4. The maximum Gasteiger partial charge on any atom is 0.433 e. The summed E-state index contributed by atoms with van der Waals surface area (Å²) in [7, 11) is 3.86. The van der Waals surface area contributed by atoms with Crippen LogP contribution in [0.5, 0.6) is 0 Å². The lowest BCUT2D eigenvalue weighted by Crippen LogP contribution is -2.60. The normalized spacial score (nSPS) is 16.9. The molecule has 0 unspecified atom stereocenters. The molecule has 1 aromatic heterocycles. The van der Waals surface area contributed by atoms with Crippen LogP contribution in [-0.2, 0) is 17.6 Å². The van der Waals surface area contributed by atoms with Crippen molar-refractivity contribution < 1.29 is 18.0 Å². The van der Waals surface area contributed by atoms with Crippen molar-refractivity contribution >= 4 is 39.5 Å². The summed E-state index contributed by atoms with van der Waals surface area (Å²) in [6.45, 7) is 1.01. The number of carbonyl (C=O) groups excluding carboxylic acids is 1. The number of pyridine rings is 1. The van der Waals surface area contributed by atoms with E-state index >= 15 is 0 Å². The largest absolute Gasteiger partial charge is 0.433 e. The number of fused-ring (bicyclic) bond motifs is 3. The van der Waals surface area contributed by atoms with E-state index < -0.39 is 23.4 Å². The Morgan fingerprint density at radius 1 is 1.17 bits per heavy atom. The number of hydrogen-bond acceptors (Lipinski definition) is 7. The fourth-order valence-corrected chi connectivity index (χ4v) is 4.78. The Balaban J connectivity index is 1.86. The Morgan fingerprint density at radius 2 is 1.80 bits per heavy atom. The lowest BCUT2D eigenvalue weighted by molar-refractivity contribution is -0.130. The minimum Gasteiger partial charge on any atom is -0.404 e. The quantitative estimate of drug-likeness (QED) is 0.380. The molecule has 2 heterocycles. The summed E-state index contributed by atoms with van der Waals surface area (Å²) >= 11 is 0. The molecule has 186 valence electrons. The number of amides is 1. The predicted octanol–water partition coefficient (Wildman–Crippen LogP) is 2.72. The van der Waals surface area contributed by atoms with Gasteiger partial charge < -0.3 is 21.3 Å². The van der Waals surface area contributed by atoms with Gasteiger partial charge in [-0.15, -0.1) is 0 Å². The number of likely N-dealkylation sites (tertiary alicyclic amines) is 1. The molecule has 0 atom stereocenters. The Labute approximate surface area is 200 Å². The van der Waals surface area contributed by atoms with Crippen molar-refractivity contribution in [1.29, 1.82) is 10.8 Å². The molecular formula is C24H28F3N7O. The van der Waals surface area contributed by atoms with Crippen LogP contribution in [0, 0.1) is 10.8 Å². The van der Waals surface area contributed by atoms with E-state index in [0.717, 1.165) is 19.0 Å². The molecule has 1 aliphatic carbocycles. The minimum absolute atomic E-state index is 0.0159. The Bertz CT molecular complexity index is 1260. The lowest BCUT2D eigenvalue weighted by Gasteiger charge is -2.42. The third-order valence-corrected chi connectivity index (χ3v) is 6.82. The summed E-state index contributed by atoms with van der Waals surface area (Å²) in [5, 5.41) is 16.9. The molecule has 1 amide bonds. The number of allylic oxidation sites excluding steroid dienone is 1. The number of nitrogens with two attached hydrogens (primary N) is 2. The predicted molar refractivity (Wildman–Crippen MR) is 130 cm³/mol. The van der Waals surface area contributed by atoms with Crippen LogP contribution in [0.4, 0.5) is 18.9 Å². The lowest BCUT2D eigenvalue weighted by atomic mass is 9.83. The first kappa shape index (κ1) is 24.6. The van der Waals surface area contributed by atoms with Crippen molar-refractivity contribution in [2.45, 2.75) is 37.9 Å². The van der Waals surface area contributed by atoms with Gasteiger partial charge >= 0.3 is 6.18 Å². The smallest absolute Gasteiger partial charge is 0.404 e. The highest BCUT2D eigenvalue weighted by atomic mass is 19.4. The van der Waals surface area contributed by atoms with E-state index in [1.165, 1.54) is 6.07 Å². The van der Waals surface area contributed by atoms with Crippen LogP contribution in [0.1, 0.15) is 35.2 Å². The van der Waals surface area contributed by atoms with Gasteiger partial charge in [0.1, 0.15) is 11.4 Å². The van der Waals surface area contributed by atoms with E-state index in [1.54, 1.807) is 11.0 Å². The SMILES string of the molecule is CN(C)C1CN(C(=O)C(=N)c2c(N)ccc3nc(/C(=C/N)C(=N)C(F)(F)F)c4c(c23)CCCC4)C1. The Kier molecular flexibility index (Phi) is 6.31. The third kappa shape index (κ3) is 4.24. The zero-order valence-corrected chi connectivity index (χ0v) is 19.6. The molecule has 0 saturated carbocycles. The van der Waals surface area contributed by atoms with Crippen molar-refractivity contribution in [3.05, 3.63) is 40.7 Å². The zero-order valence-electron chi connectivity index (χ0n) is 19.6. The van der Waals surface area contributed by atoms with E-state index in [2.05, 4.69) is 4.98 Å². The molecule has 1 aliphatic heterocycles. The third-order valence-electron chi connectivity index (χ3n) is 6.82. The summed E-state index contributed by atoms with van der Waals surface area (Å²) in [5.41, 5.74) is 11.6. The first-order chi connectivity index (χ1) is 16.5. The van der Waals surface area contributed by atoms with Crippen LogP contribution in [0.3, 0.4) is 0 Å². The van der Waals surface area contributed by atoms with E-state index in [-0.39, 0.29) is 28.7 Å². The van der Waals surface area contributed by atoms with E-state index in [4.69, 9.17) is 22.3 Å². The second kappa shape index (κ2) is 8.95. The van der Waals surface area contributed by atoms with Gasteiger partial charge in [0.15, 0.2) is 0 Å². The number of nitrogens with zero attached hydrogens (tertiary/aromatic N) is 3. The number of benzene rings is 1. The van der Waals surface area contributed by atoms with Gasteiger partial charge in [0.25, 0.3) is 5.91 Å². The van der Waals surface area contributed by atoms with Crippen LogP contribution in [0.25, 0.3) is 16.5 Å². The number of nitrogen functional groups attached to an aromatic ring is 1. The summed E-state index contributed by atoms with van der Waals surface area (Å²) in [6, 6.07) is 3.30. The number of alkyl halides is 3. The molecule has 35 heavy (non-hydrogen) atoms. The molecule has 8 nitrogen and oxygen atoms in total. The zero-order chi connectivity index (χ0) is 25.7. The molecule has 1 fully saturated rings. The van der Waals surface area contributed by atoms with Crippen molar-refractivity contribution in [3.63, 3.8) is 0 Å². The molecule has 4 rings (SSSR count). The van der Waals surface area contributed by atoms with Crippen molar-refractivity contribution in [2.24, 2.45) is 5.73 Å². The highest BCUT2D eigenvalue weighted by Gasteiger charge is 2.39. The number of aryl methyl sites for hydroxylation is 1. The van der Waals surface area contributed by atoms with Crippen LogP contribution in [0.15, 0.2) is 18.3 Å². The van der Waals surface area contributed by atoms with E-state index in [9.17, 15) is 18.0 Å². The first-order valence-corrected chi connectivity index (χ1v) is 11.3. The molecule has 1 saturated heterocycles. The topological polar surface area (TPSA) is 136 Å². The fraction of sp³-hybridized carbons (Fsp3) is 0.417. The molecule has 2 aliphatic rings. The average molecular weight is 488 g/mol. The van der Waals surface area contributed by atoms with Crippen LogP contribution < -0.4 is 11.5 Å². The second-order valence-electron chi connectivity index (χ2n) is 9.20. The number of anilines is 1. The van der Waals surface area contributed by atoms with Crippen molar-refractivity contribution in [2.75, 3.05) is 32.9 Å². The van der Waals surface area contributed by atoms with Gasteiger partial charge in [-0.1, -0.05) is 0 Å². The Morgan fingerprint density at radius 3 is 2.37 bits per heavy atom. The van der Waals surface area contributed by atoms with Gasteiger partial charge in [0, 0.05) is 47.5 Å². The highest BCUT2D eigenvalue weighted by molar-refractivity contribution is 6.47. The van der Waals surface area contributed by atoms with E-state index in [0.29, 0.717) is 48.0 Å². The molecule has 11 heteroatoms. The van der Waals surface area contributed by atoms with Crippen molar-refractivity contribution in [3.8, 4) is 0 Å². The molecular weight excluding hydrogens is 459 g/mol. The van der Waals surface area contributed by atoms with Crippen LogP contribution in [-0.4, -0.2) is 71.5 Å². The van der Waals surface area contributed by atoms with Crippen LogP contribution in [0.2, 0.25) is 0 Å². The standard InChI is InChI=1S/C24H28F3N7O/c1-33(2)12-10-34(11-12)23(35)20(30)19-16(29)7-8-17-18(19)13-5-3-4-6-14(13)21(32-17)15(9-28)22(31)24(25,26)27/h7-9,12,30-31H,3-6,10-11,28-29H2,1-2H3/b15-9-,30-20?,31-22?. The summed E-state index contributed by atoms with van der Waals surface area (Å²) in [5.74, 6) is -0.447. The van der Waals surface area contributed by atoms with Crippen LogP contribution >= 0.6 is 0 Å². The first-order valence-electron chi connectivity index (χ1n) is 11.3. The molecule has 2 aromatic rings. The molecule has 0 bridgehead atoms. The number of halogens is 3. The van der Waals surface area contributed by atoms with Gasteiger partial charge in [-0.2, -0.15) is 13.2 Å². The number of nitrogens with one attached hydrogen (secondary N) is 2. The minimum atomic E-state index is -4.88. The molecule has 0 spiro atoms. The average Bonchev–Trinajstić information content (AvgIpc) is 2.77. The van der Waals surface area contributed by atoms with E-state index in [1.807, 2.05) is 19.0 Å². The molecule has 0 radical (unpaired) electrons. The van der Waals surface area contributed by atoms with Crippen molar-refractivity contribution in [1.82, 2.24) is 14.8 Å². The number of aromatic nitrogens is 1. The van der Waals surface area contributed by atoms with Gasteiger partial charge in [0.2, 0.25) is 0 Å². The highest BCUT2D eigenvalue weighted by Crippen LogP contribution is 2.38. The Hall–Kier alpha value is -3.47. The molecule has 6 N–H and O–H groups in total.